The van der Waals surface area contributed by atoms with Gasteiger partial charge in [-0.3, -0.25) is 0 Å². The number of hydrogen-bond donors (Lipinski definition) is 1. The Morgan fingerprint density at radius 2 is 1.92 bits per heavy atom. The Balaban J connectivity index is 0.00000225. The number of likely N-dealkylation sites (N-methyl/N-ethyl adjacent to an activating group) is 1. The van der Waals surface area contributed by atoms with Gasteiger partial charge in [-0.2, -0.15) is 4.98 Å². The lowest BCUT2D eigenvalue weighted by Gasteiger charge is -2.18. The predicted octanol–water partition coefficient (Wildman–Crippen LogP) is 3.47. The van der Waals surface area contributed by atoms with E-state index in [1.54, 1.807) is 6.20 Å². The normalized spacial score (nSPS) is 11.6. The van der Waals surface area contributed by atoms with E-state index in [-0.39, 0.29) is 12.4 Å². The van der Waals surface area contributed by atoms with Crippen molar-refractivity contribution in [3.05, 3.63) is 54.5 Å². The fourth-order valence-corrected chi connectivity index (χ4v) is 2.32. The summed E-state index contributed by atoms with van der Waals surface area (Å²) in [6, 6.07) is 14.3. The number of halogens is 1. The highest BCUT2D eigenvalue weighted by atomic mass is 35.5. The molecule has 1 atom stereocenters. The molecular weight excluding hydrogens is 338 g/mol. The Kier molecular flexibility index (Phi) is 6.50. The molecule has 132 valence electrons. The molecule has 0 fully saturated rings. The second kappa shape index (κ2) is 8.60. The standard InChI is InChI=1S/C18H21N5O.ClH/c1-13(19-2)11-16-21-18(24-22-16)14-9-10-17(20-12-14)23(3)15-7-5-4-6-8-15;/h4-10,12-13,19H,11H2,1-3H3;1H. The first-order chi connectivity index (χ1) is 11.7. The minimum Gasteiger partial charge on any atom is -0.334 e. The highest BCUT2D eigenvalue weighted by Crippen LogP contribution is 2.23. The number of anilines is 2. The average molecular weight is 360 g/mol. The van der Waals surface area contributed by atoms with Gasteiger partial charge < -0.3 is 14.7 Å². The molecule has 2 heterocycles. The van der Waals surface area contributed by atoms with Crippen molar-refractivity contribution in [1.29, 1.82) is 0 Å². The maximum absolute atomic E-state index is 5.34. The zero-order valence-electron chi connectivity index (χ0n) is 14.5. The van der Waals surface area contributed by atoms with Crippen molar-refractivity contribution in [3.8, 4) is 11.5 Å². The number of benzene rings is 1. The van der Waals surface area contributed by atoms with Gasteiger partial charge in [0, 0.05) is 31.4 Å². The maximum atomic E-state index is 5.34. The van der Waals surface area contributed by atoms with Gasteiger partial charge in [-0.05, 0) is 38.2 Å². The van der Waals surface area contributed by atoms with Gasteiger partial charge in [-0.15, -0.1) is 12.4 Å². The number of nitrogens with zero attached hydrogens (tertiary/aromatic N) is 4. The highest BCUT2D eigenvalue weighted by molar-refractivity contribution is 5.85. The Morgan fingerprint density at radius 1 is 1.16 bits per heavy atom. The Hall–Kier alpha value is -2.44. The SMILES string of the molecule is CNC(C)Cc1noc(-c2ccc(N(C)c3ccccc3)nc2)n1.Cl. The van der Waals surface area contributed by atoms with Crippen LogP contribution < -0.4 is 10.2 Å². The first-order valence-corrected chi connectivity index (χ1v) is 7.92. The molecule has 1 unspecified atom stereocenters. The van der Waals surface area contributed by atoms with Crippen molar-refractivity contribution in [2.75, 3.05) is 19.0 Å². The molecule has 6 nitrogen and oxygen atoms in total. The van der Waals surface area contributed by atoms with E-state index in [1.807, 2.05) is 61.5 Å². The van der Waals surface area contributed by atoms with E-state index in [2.05, 4.69) is 27.4 Å². The summed E-state index contributed by atoms with van der Waals surface area (Å²) >= 11 is 0. The molecule has 1 aromatic carbocycles. The second-order valence-corrected chi connectivity index (χ2v) is 5.71. The fourth-order valence-electron chi connectivity index (χ4n) is 2.32. The number of hydrogen-bond acceptors (Lipinski definition) is 6. The Morgan fingerprint density at radius 3 is 2.56 bits per heavy atom. The van der Waals surface area contributed by atoms with Crippen LogP contribution in [0.1, 0.15) is 12.7 Å². The monoisotopic (exact) mass is 359 g/mol. The number of nitrogens with one attached hydrogen (secondary N) is 1. The van der Waals surface area contributed by atoms with Gasteiger partial charge in [-0.1, -0.05) is 23.4 Å². The molecule has 3 aromatic rings. The largest absolute Gasteiger partial charge is 0.334 e. The van der Waals surface area contributed by atoms with Crippen LogP contribution in [-0.2, 0) is 6.42 Å². The van der Waals surface area contributed by atoms with Crippen LogP contribution in [0.25, 0.3) is 11.5 Å². The summed E-state index contributed by atoms with van der Waals surface area (Å²) in [5, 5.41) is 7.18. The van der Waals surface area contributed by atoms with Crippen LogP contribution in [0.4, 0.5) is 11.5 Å². The van der Waals surface area contributed by atoms with Crippen molar-refractivity contribution in [3.63, 3.8) is 0 Å². The number of pyridine rings is 1. The van der Waals surface area contributed by atoms with E-state index in [0.29, 0.717) is 17.8 Å². The zero-order chi connectivity index (χ0) is 16.9. The summed E-state index contributed by atoms with van der Waals surface area (Å²) in [6.45, 7) is 2.08. The molecule has 0 spiro atoms. The third-order valence-corrected chi connectivity index (χ3v) is 3.93. The van der Waals surface area contributed by atoms with Crippen molar-refractivity contribution in [2.24, 2.45) is 0 Å². The minimum atomic E-state index is 0. The molecule has 1 N–H and O–H groups in total. The van der Waals surface area contributed by atoms with Gasteiger partial charge in [0.05, 0.1) is 5.56 Å². The molecule has 7 heteroatoms. The average Bonchev–Trinajstić information content (AvgIpc) is 3.10. The lowest BCUT2D eigenvalue weighted by Crippen LogP contribution is -2.24. The molecule has 0 aliphatic heterocycles. The number of para-hydroxylation sites is 1. The lowest BCUT2D eigenvalue weighted by molar-refractivity contribution is 0.418. The fraction of sp³-hybridized carbons (Fsp3) is 0.278. The van der Waals surface area contributed by atoms with E-state index in [0.717, 1.165) is 23.5 Å². The van der Waals surface area contributed by atoms with Crippen LogP contribution in [0.2, 0.25) is 0 Å². The van der Waals surface area contributed by atoms with Gasteiger partial charge >= 0.3 is 0 Å². The minimum absolute atomic E-state index is 0. The van der Waals surface area contributed by atoms with E-state index in [4.69, 9.17) is 4.52 Å². The van der Waals surface area contributed by atoms with Crippen LogP contribution in [0, 0.1) is 0 Å². The summed E-state index contributed by atoms with van der Waals surface area (Å²) in [6.07, 6.45) is 2.48. The Bertz CT molecular complexity index is 776. The summed E-state index contributed by atoms with van der Waals surface area (Å²) in [5.41, 5.74) is 1.90. The van der Waals surface area contributed by atoms with Crippen molar-refractivity contribution < 1.29 is 4.52 Å². The molecule has 3 rings (SSSR count). The Labute approximate surface area is 153 Å². The number of aromatic nitrogens is 3. The topological polar surface area (TPSA) is 67.1 Å². The molecule has 0 saturated heterocycles. The van der Waals surface area contributed by atoms with Crippen LogP contribution in [0.5, 0.6) is 0 Å². The molecule has 0 amide bonds. The third-order valence-electron chi connectivity index (χ3n) is 3.93. The molecule has 25 heavy (non-hydrogen) atoms. The predicted molar refractivity (Wildman–Crippen MR) is 102 cm³/mol. The van der Waals surface area contributed by atoms with Gasteiger partial charge in [0.1, 0.15) is 5.82 Å². The maximum Gasteiger partial charge on any atom is 0.259 e. The van der Waals surface area contributed by atoms with Gasteiger partial charge in [0.25, 0.3) is 5.89 Å². The molecule has 0 radical (unpaired) electrons. The van der Waals surface area contributed by atoms with Crippen molar-refractivity contribution in [2.45, 2.75) is 19.4 Å². The first-order valence-electron chi connectivity index (χ1n) is 7.92. The molecule has 0 bridgehead atoms. The van der Waals surface area contributed by atoms with E-state index >= 15 is 0 Å². The molecule has 2 aromatic heterocycles. The van der Waals surface area contributed by atoms with Gasteiger partial charge in [0.15, 0.2) is 5.82 Å². The van der Waals surface area contributed by atoms with Crippen LogP contribution >= 0.6 is 12.4 Å². The van der Waals surface area contributed by atoms with Gasteiger partial charge in [-0.25, -0.2) is 4.98 Å². The van der Waals surface area contributed by atoms with Crippen LogP contribution in [0.3, 0.4) is 0 Å². The van der Waals surface area contributed by atoms with Crippen LogP contribution in [-0.4, -0.2) is 35.3 Å². The quantitative estimate of drug-likeness (QED) is 0.726. The highest BCUT2D eigenvalue weighted by Gasteiger charge is 2.12. The summed E-state index contributed by atoms with van der Waals surface area (Å²) in [7, 11) is 3.90. The third kappa shape index (κ3) is 4.55. The van der Waals surface area contributed by atoms with E-state index in [9.17, 15) is 0 Å². The van der Waals surface area contributed by atoms with Crippen molar-refractivity contribution >= 4 is 23.9 Å². The molecular formula is C18H22ClN5O. The summed E-state index contributed by atoms with van der Waals surface area (Å²) < 4.78 is 5.34. The molecule has 0 aliphatic rings. The van der Waals surface area contributed by atoms with E-state index in [1.165, 1.54) is 0 Å². The van der Waals surface area contributed by atoms with Crippen molar-refractivity contribution in [1.82, 2.24) is 20.4 Å². The molecule has 0 aliphatic carbocycles. The number of rotatable bonds is 6. The summed E-state index contributed by atoms with van der Waals surface area (Å²) in [5.74, 6) is 2.04. The lowest BCUT2D eigenvalue weighted by atomic mass is 10.2. The van der Waals surface area contributed by atoms with Gasteiger partial charge in [0.2, 0.25) is 0 Å². The van der Waals surface area contributed by atoms with Crippen LogP contribution in [0.15, 0.2) is 53.2 Å². The van der Waals surface area contributed by atoms with E-state index < -0.39 is 0 Å². The second-order valence-electron chi connectivity index (χ2n) is 5.71. The molecule has 0 saturated carbocycles. The summed E-state index contributed by atoms with van der Waals surface area (Å²) in [4.78, 5) is 11.0. The zero-order valence-corrected chi connectivity index (χ0v) is 15.3. The first kappa shape index (κ1) is 18.9. The smallest absolute Gasteiger partial charge is 0.259 e.